The summed E-state index contributed by atoms with van der Waals surface area (Å²) in [6.45, 7) is 1.02. The predicted molar refractivity (Wildman–Crippen MR) is 107 cm³/mol. The van der Waals surface area contributed by atoms with E-state index in [4.69, 9.17) is 14.2 Å². The van der Waals surface area contributed by atoms with Gasteiger partial charge < -0.3 is 24.8 Å². The number of thiazole rings is 1. The molecule has 8 heteroatoms. The van der Waals surface area contributed by atoms with Crippen LogP contribution in [0.4, 0.5) is 5.13 Å². The molecule has 0 saturated carbocycles. The third kappa shape index (κ3) is 4.22. The molecule has 1 aromatic heterocycles. The van der Waals surface area contributed by atoms with E-state index in [0.29, 0.717) is 35.9 Å². The number of hydrogen-bond acceptors (Lipinski definition) is 7. The number of nitrogens with one attached hydrogen (secondary N) is 2. The Bertz CT molecular complexity index is 884. The van der Waals surface area contributed by atoms with Crippen molar-refractivity contribution in [3.63, 3.8) is 0 Å². The van der Waals surface area contributed by atoms with Gasteiger partial charge >= 0.3 is 0 Å². The zero-order valence-corrected chi connectivity index (χ0v) is 16.2. The number of hydrogen-bond donors (Lipinski definition) is 2. The minimum Gasteiger partial charge on any atom is -0.493 e. The summed E-state index contributed by atoms with van der Waals surface area (Å²) in [4.78, 5) is 16.9. The SMILES string of the molecule is COc1cc(C(=O)NCCNc2nc3ccccc3s2)cc(OC)c1OC. The first-order chi connectivity index (χ1) is 13.2. The van der Waals surface area contributed by atoms with Gasteiger partial charge in [0.25, 0.3) is 5.91 Å². The van der Waals surface area contributed by atoms with Gasteiger partial charge in [0.1, 0.15) is 0 Å². The molecule has 0 radical (unpaired) electrons. The first kappa shape index (κ1) is 18.8. The summed E-state index contributed by atoms with van der Waals surface area (Å²) in [6, 6.07) is 11.2. The minimum absolute atomic E-state index is 0.222. The van der Waals surface area contributed by atoms with Gasteiger partial charge in [0.05, 0.1) is 31.5 Å². The fraction of sp³-hybridized carbons (Fsp3) is 0.263. The van der Waals surface area contributed by atoms with E-state index < -0.39 is 0 Å². The normalized spacial score (nSPS) is 10.5. The van der Waals surface area contributed by atoms with Crippen molar-refractivity contribution < 1.29 is 19.0 Å². The molecular weight excluding hydrogens is 366 g/mol. The molecule has 0 fully saturated rings. The van der Waals surface area contributed by atoms with Crippen molar-refractivity contribution in [3.8, 4) is 17.2 Å². The average Bonchev–Trinajstić information content (AvgIpc) is 3.12. The second-order valence-electron chi connectivity index (χ2n) is 5.58. The lowest BCUT2D eigenvalue weighted by atomic mass is 10.1. The zero-order valence-electron chi connectivity index (χ0n) is 15.4. The fourth-order valence-corrected chi connectivity index (χ4v) is 3.50. The number of carbonyl (C=O) groups is 1. The Morgan fingerprint density at radius 1 is 1.04 bits per heavy atom. The number of amides is 1. The fourth-order valence-electron chi connectivity index (χ4n) is 2.61. The van der Waals surface area contributed by atoms with Gasteiger partial charge in [0.15, 0.2) is 16.6 Å². The number of rotatable bonds is 8. The van der Waals surface area contributed by atoms with E-state index in [-0.39, 0.29) is 5.91 Å². The number of aromatic nitrogens is 1. The molecule has 142 valence electrons. The lowest BCUT2D eigenvalue weighted by Gasteiger charge is -2.14. The van der Waals surface area contributed by atoms with Gasteiger partial charge in [-0.2, -0.15) is 0 Å². The van der Waals surface area contributed by atoms with Gasteiger partial charge in [-0.1, -0.05) is 23.5 Å². The Morgan fingerprint density at radius 2 is 1.74 bits per heavy atom. The van der Waals surface area contributed by atoms with Crippen LogP contribution in [0, 0.1) is 0 Å². The van der Waals surface area contributed by atoms with Crippen LogP contribution in [0.1, 0.15) is 10.4 Å². The van der Waals surface area contributed by atoms with Crippen molar-refractivity contribution in [2.75, 3.05) is 39.7 Å². The van der Waals surface area contributed by atoms with Gasteiger partial charge in [-0.25, -0.2) is 4.98 Å². The van der Waals surface area contributed by atoms with E-state index in [1.54, 1.807) is 23.5 Å². The Morgan fingerprint density at radius 3 is 2.37 bits per heavy atom. The maximum absolute atomic E-state index is 12.4. The lowest BCUT2D eigenvalue weighted by molar-refractivity contribution is 0.0954. The third-order valence-electron chi connectivity index (χ3n) is 3.91. The van der Waals surface area contributed by atoms with Crippen molar-refractivity contribution >= 4 is 32.6 Å². The molecule has 1 amide bonds. The summed E-state index contributed by atoms with van der Waals surface area (Å²) in [5, 5.41) is 6.93. The van der Waals surface area contributed by atoms with Crippen LogP contribution < -0.4 is 24.8 Å². The summed E-state index contributed by atoms with van der Waals surface area (Å²) >= 11 is 1.58. The van der Waals surface area contributed by atoms with Crippen LogP contribution >= 0.6 is 11.3 Å². The summed E-state index contributed by atoms with van der Waals surface area (Å²) < 4.78 is 16.9. The molecular formula is C19H21N3O4S. The molecule has 1 heterocycles. The maximum atomic E-state index is 12.4. The van der Waals surface area contributed by atoms with Crippen LogP contribution in [-0.2, 0) is 0 Å². The van der Waals surface area contributed by atoms with E-state index in [0.717, 1.165) is 15.3 Å². The van der Waals surface area contributed by atoms with Crippen molar-refractivity contribution in [2.24, 2.45) is 0 Å². The summed E-state index contributed by atoms with van der Waals surface area (Å²) in [5.41, 5.74) is 1.40. The standard InChI is InChI=1S/C19H21N3O4S/c1-24-14-10-12(11-15(25-2)17(14)26-3)18(23)20-8-9-21-19-22-13-6-4-5-7-16(13)27-19/h4-7,10-11H,8-9H2,1-3H3,(H,20,23)(H,21,22). The van der Waals surface area contributed by atoms with Crippen molar-refractivity contribution in [1.82, 2.24) is 10.3 Å². The molecule has 0 bridgehead atoms. The monoisotopic (exact) mass is 387 g/mol. The van der Waals surface area contributed by atoms with E-state index >= 15 is 0 Å². The number of carbonyl (C=O) groups excluding carboxylic acids is 1. The van der Waals surface area contributed by atoms with E-state index in [9.17, 15) is 4.79 Å². The van der Waals surface area contributed by atoms with Crippen LogP contribution in [-0.4, -0.2) is 45.3 Å². The Hall–Kier alpha value is -3.00. The molecule has 2 aromatic carbocycles. The highest BCUT2D eigenvalue weighted by Crippen LogP contribution is 2.38. The minimum atomic E-state index is -0.222. The predicted octanol–water partition coefficient (Wildman–Crippen LogP) is 3.16. The number of nitrogens with zero attached hydrogens (tertiary/aromatic N) is 1. The number of ether oxygens (including phenoxy) is 3. The van der Waals surface area contributed by atoms with Crippen LogP contribution in [0.15, 0.2) is 36.4 Å². The highest BCUT2D eigenvalue weighted by atomic mass is 32.1. The topological polar surface area (TPSA) is 81.7 Å². The molecule has 0 aliphatic carbocycles. The average molecular weight is 387 g/mol. The molecule has 27 heavy (non-hydrogen) atoms. The van der Waals surface area contributed by atoms with Gasteiger partial charge in [-0.15, -0.1) is 0 Å². The number of anilines is 1. The third-order valence-corrected chi connectivity index (χ3v) is 4.90. The number of fused-ring (bicyclic) bond motifs is 1. The molecule has 7 nitrogen and oxygen atoms in total. The Kier molecular flexibility index (Phi) is 5.97. The first-order valence-electron chi connectivity index (χ1n) is 8.34. The molecule has 0 spiro atoms. The maximum Gasteiger partial charge on any atom is 0.251 e. The second-order valence-corrected chi connectivity index (χ2v) is 6.61. The lowest BCUT2D eigenvalue weighted by Crippen LogP contribution is -2.28. The Labute approximate surface area is 161 Å². The number of methoxy groups -OCH3 is 3. The van der Waals surface area contributed by atoms with Crippen LogP contribution in [0.2, 0.25) is 0 Å². The van der Waals surface area contributed by atoms with Crippen molar-refractivity contribution in [3.05, 3.63) is 42.0 Å². The summed E-state index contributed by atoms with van der Waals surface area (Å²) in [5.74, 6) is 1.11. The number of para-hydroxylation sites is 1. The van der Waals surface area contributed by atoms with Crippen molar-refractivity contribution in [1.29, 1.82) is 0 Å². The van der Waals surface area contributed by atoms with Crippen molar-refractivity contribution in [2.45, 2.75) is 0 Å². The first-order valence-corrected chi connectivity index (χ1v) is 9.15. The Balaban J connectivity index is 1.59. The molecule has 0 saturated heterocycles. The highest BCUT2D eigenvalue weighted by molar-refractivity contribution is 7.22. The van der Waals surface area contributed by atoms with E-state index in [1.165, 1.54) is 21.3 Å². The second kappa shape index (κ2) is 8.59. The molecule has 0 aliphatic rings. The summed E-state index contributed by atoms with van der Waals surface area (Å²) in [6.07, 6.45) is 0. The van der Waals surface area contributed by atoms with Crippen LogP contribution in [0.3, 0.4) is 0 Å². The van der Waals surface area contributed by atoms with Crippen LogP contribution in [0.5, 0.6) is 17.2 Å². The summed E-state index contributed by atoms with van der Waals surface area (Å²) in [7, 11) is 4.55. The molecule has 0 unspecified atom stereocenters. The molecule has 3 aromatic rings. The van der Waals surface area contributed by atoms with E-state index in [2.05, 4.69) is 15.6 Å². The van der Waals surface area contributed by atoms with Gasteiger partial charge in [-0.3, -0.25) is 4.79 Å². The molecule has 0 aliphatic heterocycles. The van der Waals surface area contributed by atoms with E-state index in [1.807, 2.05) is 24.3 Å². The largest absolute Gasteiger partial charge is 0.493 e. The number of benzene rings is 2. The van der Waals surface area contributed by atoms with Gasteiger partial charge in [-0.05, 0) is 24.3 Å². The molecule has 2 N–H and O–H groups in total. The zero-order chi connectivity index (χ0) is 19.2. The van der Waals surface area contributed by atoms with Crippen LogP contribution in [0.25, 0.3) is 10.2 Å². The van der Waals surface area contributed by atoms with Gasteiger partial charge in [0.2, 0.25) is 5.75 Å². The molecule has 0 atom stereocenters. The smallest absolute Gasteiger partial charge is 0.251 e. The van der Waals surface area contributed by atoms with Gasteiger partial charge in [0, 0.05) is 18.7 Å². The quantitative estimate of drug-likeness (QED) is 0.578. The molecule has 3 rings (SSSR count). The highest BCUT2D eigenvalue weighted by Gasteiger charge is 2.16.